The molecule has 3 nitrogen and oxygen atoms in total. The molecule has 2 aliphatic heterocycles. The van der Waals surface area contributed by atoms with Crippen LogP contribution in [0.1, 0.15) is 38.5 Å². The zero-order valence-electron chi connectivity index (χ0n) is 11.3. The Hall–Kier alpha value is -0.120. The summed E-state index contributed by atoms with van der Waals surface area (Å²) in [7, 11) is 2.24. The summed E-state index contributed by atoms with van der Waals surface area (Å²) in [5.74, 6) is 0.872. The monoisotopic (exact) mass is 240 g/mol. The summed E-state index contributed by atoms with van der Waals surface area (Å²) in [5.41, 5.74) is 0. The second kappa shape index (κ2) is 7.34. The minimum atomic E-state index is 0.567. The first-order chi connectivity index (χ1) is 8.34. The van der Waals surface area contributed by atoms with Crippen molar-refractivity contribution in [1.82, 2.24) is 10.2 Å². The van der Waals surface area contributed by atoms with E-state index < -0.39 is 0 Å². The number of likely N-dealkylation sites (tertiary alicyclic amines) is 1. The first kappa shape index (κ1) is 13.3. The Morgan fingerprint density at radius 1 is 1.29 bits per heavy atom. The van der Waals surface area contributed by atoms with Gasteiger partial charge in [-0.1, -0.05) is 0 Å². The molecule has 2 rings (SSSR count). The lowest BCUT2D eigenvalue weighted by atomic mass is 9.98. The highest BCUT2D eigenvalue weighted by molar-refractivity contribution is 4.72. The number of rotatable bonds is 6. The molecular formula is C14H28N2O. The molecule has 0 spiro atoms. The summed E-state index contributed by atoms with van der Waals surface area (Å²) in [4.78, 5) is 2.46. The van der Waals surface area contributed by atoms with Crippen LogP contribution < -0.4 is 5.32 Å². The highest BCUT2D eigenvalue weighted by Crippen LogP contribution is 2.16. The Labute approximate surface area is 106 Å². The zero-order valence-corrected chi connectivity index (χ0v) is 11.3. The molecule has 100 valence electrons. The third-order valence-electron chi connectivity index (χ3n) is 4.06. The number of hydrogen-bond acceptors (Lipinski definition) is 3. The number of piperidine rings is 1. The molecule has 0 amide bonds. The van der Waals surface area contributed by atoms with Gasteiger partial charge in [0.1, 0.15) is 0 Å². The number of nitrogens with zero attached hydrogens (tertiary/aromatic N) is 1. The average molecular weight is 240 g/mol. The van der Waals surface area contributed by atoms with E-state index in [1.54, 1.807) is 0 Å². The van der Waals surface area contributed by atoms with E-state index in [4.69, 9.17) is 4.74 Å². The summed E-state index contributed by atoms with van der Waals surface area (Å²) in [6.07, 6.45) is 8.42. The van der Waals surface area contributed by atoms with Crippen molar-refractivity contribution in [2.24, 2.45) is 5.92 Å². The molecule has 17 heavy (non-hydrogen) atoms. The van der Waals surface area contributed by atoms with Crippen LogP contribution in [0.25, 0.3) is 0 Å². The third-order valence-corrected chi connectivity index (χ3v) is 4.06. The van der Waals surface area contributed by atoms with Crippen molar-refractivity contribution >= 4 is 0 Å². The molecule has 0 aromatic rings. The van der Waals surface area contributed by atoms with Gasteiger partial charge in [0, 0.05) is 13.2 Å². The van der Waals surface area contributed by atoms with Gasteiger partial charge in [-0.15, -0.1) is 0 Å². The number of hydrogen-bond donors (Lipinski definition) is 1. The van der Waals surface area contributed by atoms with Gasteiger partial charge in [-0.05, 0) is 71.1 Å². The van der Waals surface area contributed by atoms with Gasteiger partial charge in [0.25, 0.3) is 0 Å². The van der Waals surface area contributed by atoms with Crippen molar-refractivity contribution in [2.75, 3.05) is 39.8 Å². The maximum absolute atomic E-state index is 5.63. The van der Waals surface area contributed by atoms with Crippen LogP contribution in [0.3, 0.4) is 0 Å². The summed E-state index contributed by atoms with van der Waals surface area (Å²) in [6, 6.07) is 0. The maximum atomic E-state index is 5.63. The molecule has 0 aromatic heterocycles. The van der Waals surface area contributed by atoms with Crippen molar-refractivity contribution in [2.45, 2.75) is 44.6 Å². The molecule has 0 aliphatic carbocycles. The fraction of sp³-hybridized carbons (Fsp3) is 1.00. The van der Waals surface area contributed by atoms with Crippen LogP contribution in [0.4, 0.5) is 0 Å². The predicted molar refractivity (Wildman–Crippen MR) is 71.3 cm³/mol. The molecule has 0 aromatic carbocycles. The highest BCUT2D eigenvalue weighted by atomic mass is 16.5. The van der Waals surface area contributed by atoms with Gasteiger partial charge in [-0.25, -0.2) is 0 Å². The molecule has 2 atom stereocenters. The van der Waals surface area contributed by atoms with Gasteiger partial charge >= 0.3 is 0 Å². The van der Waals surface area contributed by atoms with Gasteiger partial charge < -0.3 is 15.0 Å². The van der Waals surface area contributed by atoms with E-state index in [1.165, 1.54) is 64.7 Å². The van der Waals surface area contributed by atoms with Gasteiger partial charge in [0.2, 0.25) is 0 Å². The zero-order chi connectivity index (χ0) is 11.9. The fourth-order valence-electron chi connectivity index (χ4n) is 3.07. The smallest absolute Gasteiger partial charge is 0.0576 e. The Kier molecular flexibility index (Phi) is 5.75. The van der Waals surface area contributed by atoms with Gasteiger partial charge in [-0.3, -0.25) is 0 Å². The Morgan fingerprint density at radius 3 is 3.00 bits per heavy atom. The molecular weight excluding hydrogens is 212 g/mol. The van der Waals surface area contributed by atoms with E-state index in [2.05, 4.69) is 17.3 Å². The van der Waals surface area contributed by atoms with Crippen molar-refractivity contribution in [1.29, 1.82) is 0 Å². The van der Waals surface area contributed by atoms with Crippen molar-refractivity contribution in [3.63, 3.8) is 0 Å². The van der Waals surface area contributed by atoms with Gasteiger partial charge in [0.05, 0.1) is 6.10 Å². The number of ether oxygens (including phenoxy) is 1. The molecule has 2 heterocycles. The van der Waals surface area contributed by atoms with Crippen molar-refractivity contribution < 1.29 is 4.74 Å². The quantitative estimate of drug-likeness (QED) is 0.717. The van der Waals surface area contributed by atoms with Crippen LogP contribution in [0.2, 0.25) is 0 Å². The number of nitrogens with one attached hydrogen (secondary N) is 1. The molecule has 0 saturated carbocycles. The van der Waals surface area contributed by atoms with E-state index in [-0.39, 0.29) is 0 Å². The summed E-state index contributed by atoms with van der Waals surface area (Å²) < 4.78 is 5.63. The minimum absolute atomic E-state index is 0.567. The first-order valence-electron chi connectivity index (χ1n) is 7.35. The third kappa shape index (κ3) is 4.94. The summed E-state index contributed by atoms with van der Waals surface area (Å²) in [6.45, 7) is 5.93. The summed E-state index contributed by atoms with van der Waals surface area (Å²) >= 11 is 0. The van der Waals surface area contributed by atoms with Crippen molar-refractivity contribution in [3.8, 4) is 0 Å². The average Bonchev–Trinajstić information content (AvgIpc) is 2.82. The molecule has 0 bridgehead atoms. The van der Waals surface area contributed by atoms with E-state index in [0.29, 0.717) is 6.10 Å². The molecule has 0 radical (unpaired) electrons. The van der Waals surface area contributed by atoms with Gasteiger partial charge in [0.15, 0.2) is 0 Å². The van der Waals surface area contributed by atoms with Crippen molar-refractivity contribution in [3.05, 3.63) is 0 Å². The second-order valence-corrected chi connectivity index (χ2v) is 5.75. The molecule has 2 aliphatic rings. The summed E-state index contributed by atoms with van der Waals surface area (Å²) in [5, 5.41) is 3.62. The topological polar surface area (TPSA) is 24.5 Å². The van der Waals surface area contributed by atoms with Crippen LogP contribution in [0.15, 0.2) is 0 Å². The van der Waals surface area contributed by atoms with E-state index in [9.17, 15) is 0 Å². The fourth-order valence-corrected chi connectivity index (χ4v) is 3.07. The molecule has 2 fully saturated rings. The Morgan fingerprint density at radius 2 is 2.24 bits per heavy atom. The normalized spacial score (nSPS) is 30.9. The lowest BCUT2D eigenvalue weighted by molar-refractivity contribution is 0.102. The lowest BCUT2D eigenvalue weighted by Crippen LogP contribution is -2.37. The van der Waals surface area contributed by atoms with Crippen LogP contribution >= 0.6 is 0 Å². The standard InChI is InChI=1S/C14H28N2O/c1-16-9-3-5-13(12-16)11-15-8-2-6-14-7-4-10-17-14/h13-15H,2-12H2,1H3. The maximum Gasteiger partial charge on any atom is 0.0576 e. The van der Waals surface area contributed by atoms with Gasteiger partial charge in [-0.2, -0.15) is 0 Å². The molecule has 2 unspecified atom stereocenters. The first-order valence-corrected chi connectivity index (χ1v) is 7.35. The molecule has 1 N–H and O–H groups in total. The SMILES string of the molecule is CN1CCCC(CNCCCC2CCCO2)C1. The van der Waals surface area contributed by atoms with Crippen LogP contribution in [-0.4, -0.2) is 50.8 Å². The van der Waals surface area contributed by atoms with E-state index in [0.717, 1.165) is 12.5 Å². The Balaban J connectivity index is 1.45. The second-order valence-electron chi connectivity index (χ2n) is 5.75. The van der Waals surface area contributed by atoms with E-state index >= 15 is 0 Å². The van der Waals surface area contributed by atoms with Crippen LogP contribution in [-0.2, 0) is 4.74 Å². The Bertz CT molecular complexity index is 204. The lowest BCUT2D eigenvalue weighted by Gasteiger charge is -2.29. The minimum Gasteiger partial charge on any atom is -0.378 e. The predicted octanol–water partition coefficient (Wildman–Crippen LogP) is 1.88. The largest absolute Gasteiger partial charge is 0.378 e. The highest BCUT2D eigenvalue weighted by Gasteiger charge is 2.17. The van der Waals surface area contributed by atoms with Crippen LogP contribution in [0, 0.1) is 5.92 Å². The molecule has 2 saturated heterocycles. The van der Waals surface area contributed by atoms with Crippen LogP contribution in [0.5, 0.6) is 0 Å². The molecule has 3 heteroatoms. The van der Waals surface area contributed by atoms with E-state index in [1.807, 2.05) is 0 Å².